The number of nitrogens with two attached hydrogens (primary N) is 1. The number of hydrogen-bond acceptors (Lipinski definition) is 5. The number of anilines is 1. The van der Waals surface area contributed by atoms with E-state index in [9.17, 15) is 14.4 Å². The van der Waals surface area contributed by atoms with Gasteiger partial charge in [-0.3, -0.25) is 14.8 Å². The van der Waals surface area contributed by atoms with Crippen molar-refractivity contribution < 1.29 is 0 Å². The minimum atomic E-state index is -0.456. The van der Waals surface area contributed by atoms with Crippen molar-refractivity contribution in [2.45, 2.75) is 33.1 Å². The second-order valence-corrected chi connectivity index (χ2v) is 4.33. The van der Waals surface area contributed by atoms with Gasteiger partial charge in [0.15, 0.2) is 0 Å². The van der Waals surface area contributed by atoms with Crippen LogP contribution in [-0.2, 0) is 12.8 Å². The molecule has 8 heteroatoms. The molecule has 114 valence electrons. The number of aryl methyl sites for hydroxylation is 2. The highest BCUT2D eigenvalue weighted by Crippen LogP contribution is 2.05. The van der Waals surface area contributed by atoms with Crippen molar-refractivity contribution in [3.8, 4) is 0 Å². The molecule has 0 bridgehead atoms. The molecule has 0 fully saturated rings. The molecule has 0 spiro atoms. The molecule has 0 amide bonds. The molecule has 2 aromatic heterocycles. The van der Waals surface area contributed by atoms with Gasteiger partial charge in [-0.25, -0.2) is 14.6 Å². The molecular weight excluding hydrogens is 274 g/mol. The van der Waals surface area contributed by atoms with Crippen LogP contribution in [0.4, 0.5) is 5.82 Å². The Balaban J connectivity index is 0.000000211. The summed E-state index contributed by atoms with van der Waals surface area (Å²) < 4.78 is 0. The normalized spacial score (nSPS) is 9.81. The fraction of sp³-hybridized carbons (Fsp3) is 0.385. The van der Waals surface area contributed by atoms with Gasteiger partial charge in [0.25, 0.3) is 5.56 Å². The van der Waals surface area contributed by atoms with E-state index in [1.807, 2.05) is 13.8 Å². The quantitative estimate of drug-likeness (QED) is 0.627. The summed E-state index contributed by atoms with van der Waals surface area (Å²) in [4.78, 5) is 42.3. The van der Waals surface area contributed by atoms with E-state index in [0.717, 1.165) is 18.4 Å². The van der Waals surface area contributed by atoms with Crippen LogP contribution in [0, 0.1) is 0 Å². The van der Waals surface area contributed by atoms with Crippen LogP contribution < -0.4 is 22.7 Å². The van der Waals surface area contributed by atoms with Gasteiger partial charge in [0.1, 0.15) is 5.82 Å². The summed E-state index contributed by atoms with van der Waals surface area (Å²) in [6.07, 6.45) is 5.44. The Labute approximate surface area is 120 Å². The predicted molar refractivity (Wildman–Crippen MR) is 80.3 cm³/mol. The Kier molecular flexibility index (Phi) is 6.12. The predicted octanol–water partition coefficient (Wildman–Crippen LogP) is -0.0698. The number of aromatic amines is 3. The summed E-state index contributed by atoms with van der Waals surface area (Å²) in [5, 5.41) is 0. The van der Waals surface area contributed by atoms with Gasteiger partial charge in [0.05, 0.1) is 0 Å². The van der Waals surface area contributed by atoms with Gasteiger partial charge in [0, 0.05) is 23.5 Å². The molecule has 5 N–H and O–H groups in total. The second-order valence-electron chi connectivity index (χ2n) is 4.33. The molecular formula is C13H19N5O3. The summed E-state index contributed by atoms with van der Waals surface area (Å²) >= 11 is 0. The summed E-state index contributed by atoms with van der Waals surface area (Å²) in [5.74, 6) is 0.437. The molecule has 21 heavy (non-hydrogen) atoms. The van der Waals surface area contributed by atoms with E-state index < -0.39 is 5.69 Å². The highest BCUT2D eigenvalue weighted by Gasteiger charge is 1.97. The third-order valence-electron chi connectivity index (χ3n) is 2.72. The Morgan fingerprint density at radius 1 is 1.14 bits per heavy atom. The largest absolute Gasteiger partial charge is 0.385 e. The van der Waals surface area contributed by atoms with Gasteiger partial charge in [0.2, 0.25) is 0 Å². The van der Waals surface area contributed by atoms with Crippen molar-refractivity contribution in [3.05, 3.63) is 54.8 Å². The molecule has 0 aromatic carbocycles. The Morgan fingerprint density at radius 2 is 1.86 bits per heavy atom. The summed E-state index contributed by atoms with van der Waals surface area (Å²) in [6.45, 7) is 3.90. The van der Waals surface area contributed by atoms with E-state index in [4.69, 9.17) is 5.73 Å². The smallest absolute Gasteiger partial charge is 0.346 e. The molecule has 0 radical (unpaired) electrons. The minimum absolute atomic E-state index is 0.300. The zero-order valence-electron chi connectivity index (χ0n) is 12.0. The molecule has 0 aliphatic heterocycles. The van der Waals surface area contributed by atoms with Crippen LogP contribution in [0.3, 0.4) is 0 Å². The van der Waals surface area contributed by atoms with E-state index in [0.29, 0.717) is 17.8 Å². The standard InChI is InChI=1S/C7H11N3O.C6H8N2O2/c1-2-3-5-4-9-7(11)10-6(5)8;1-2-4-3-7-6(10)8-5(4)9/h4H,2-3H2,1H3,(H3,8,9,10,11);3H,2H2,1H3,(H2,7,8,9,10). The topological polar surface area (TPSA) is 137 Å². The summed E-state index contributed by atoms with van der Waals surface area (Å²) in [6, 6.07) is 0. The highest BCUT2D eigenvalue weighted by molar-refractivity contribution is 5.36. The van der Waals surface area contributed by atoms with Crippen molar-refractivity contribution in [2.24, 2.45) is 0 Å². The van der Waals surface area contributed by atoms with Crippen LogP contribution in [0.1, 0.15) is 31.4 Å². The fourth-order valence-electron chi connectivity index (χ4n) is 1.60. The number of H-pyrrole nitrogens is 3. The lowest BCUT2D eigenvalue weighted by Gasteiger charge is -1.99. The SMILES string of the molecule is CCCc1cnc(=O)[nH]c1N.CCc1c[nH]c(=O)[nH]c1=O. The van der Waals surface area contributed by atoms with Crippen molar-refractivity contribution in [1.82, 2.24) is 19.9 Å². The van der Waals surface area contributed by atoms with Crippen LogP contribution >= 0.6 is 0 Å². The Hall–Kier alpha value is -2.64. The average molecular weight is 293 g/mol. The van der Waals surface area contributed by atoms with E-state index in [1.54, 1.807) is 0 Å². The van der Waals surface area contributed by atoms with Crippen molar-refractivity contribution in [1.29, 1.82) is 0 Å². The number of nitrogens with one attached hydrogen (secondary N) is 3. The molecule has 0 unspecified atom stereocenters. The molecule has 0 aliphatic rings. The van der Waals surface area contributed by atoms with Gasteiger partial charge < -0.3 is 10.7 Å². The van der Waals surface area contributed by atoms with Crippen LogP contribution in [-0.4, -0.2) is 19.9 Å². The lowest BCUT2D eigenvalue weighted by molar-refractivity contribution is 0.897. The highest BCUT2D eigenvalue weighted by atomic mass is 16.2. The van der Waals surface area contributed by atoms with Gasteiger partial charge >= 0.3 is 11.4 Å². The minimum Gasteiger partial charge on any atom is -0.385 e. The third-order valence-corrected chi connectivity index (χ3v) is 2.72. The van der Waals surface area contributed by atoms with Crippen LogP contribution in [0.25, 0.3) is 0 Å². The second kappa shape index (κ2) is 7.83. The first-order chi connectivity index (χ1) is 9.97. The maximum Gasteiger partial charge on any atom is 0.346 e. The van der Waals surface area contributed by atoms with Crippen molar-refractivity contribution in [3.63, 3.8) is 0 Å². The Morgan fingerprint density at radius 3 is 2.38 bits per heavy atom. The summed E-state index contributed by atoms with van der Waals surface area (Å²) in [7, 11) is 0. The number of nitrogens with zero attached hydrogens (tertiary/aromatic N) is 1. The van der Waals surface area contributed by atoms with Crippen LogP contribution in [0.5, 0.6) is 0 Å². The van der Waals surface area contributed by atoms with Gasteiger partial charge in [-0.15, -0.1) is 0 Å². The van der Waals surface area contributed by atoms with E-state index >= 15 is 0 Å². The van der Waals surface area contributed by atoms with Gasteiger partial charge in [-0.1, -0.05) is 20.3 Å². The Bertz CT molecular complexity index is 744. The van der Waals surface area contributed by atoms with Gasteiger partial charge in [-0.2, -0.15) is 0 Å². The van der Waals surface area contributed by atoms with Crippen LogP contribution in [0.15, 0.2) is 26.8 Å². The zero-order chi connectivity index (χ0) is 15.8. The molecule has 0 atom stereocenters. The summed E-state index contributed by atoms with van der Waals surface area (Å²) in [5.41, 5.74) is 5.88. The first kappa shape index (κ1) is 16.4. The lowest BCUT2D eigenvalue weighted by Crippen LogP contribution is -2.23. The molecule has 0 aliphatic carbocycles. The lowest BCUT2D eigenvalue weighted by atomic mass is 10.2. The third kappa shape index (κ3) is 5.09. The first-order valence-electron chi connectivity index (χ1n) is 6.62. The number of aromatic nitrogens is 4. The number of hydrogen-bond donors (Lipinski definition) is 4. The molecule has 8 nitrogen and oxygen atoms in total. The van der Waals surface area contributed by atoms with Crippen molar-refractivity contribution in [2.75, 3.05) is 5.73 Å². The average Bonchev–Trinajstić information content (AvgIpc) is 2.43. The first-order valence-corrected chi connectivity index (χ1v) is 6.62. The van der Waals surface area contributed by atoms with E-state index in [1.165, 1.54) is 12.4 Å². The van der Waals surface area contributed by atoms with Crippen molar-refractivity contribution >= 4 is 5.82 Å². The molecule has 2 aromatic rings. The van der Waals surface area contributed by atoms with Gasteiger partial charge in [-0.05, 0) is 12.8 Å². The maximum absolute atomic E-state index is 10.8. The molecule has 0 saturated heterocycles. The van der Waals surface area contributed by atoms with E-state index in [2.05, 4.69) is 19.9 Å². The molecule has 2 rings (SSSR count). The fourth-order valence-corrected chi connectivity index (χ4v) is 1.60. The zero-order valence-corrected chi connectivity index (χ0v) is 12.0. The van der Waals surface area contributed by atoms with E-state index in [-0.39, 0.29) is 11.2 Å². The van der Waals surface area contributed by atoms with Crippen LogP contribution in [0.2, 0.25) is 0 Å². The molecule has 0 saturated carbocycles. The number of nitrogen functional groups attached to an aromatic ring is 1. The number of rotatable bonds is 3. The molecule has 2 heterocycles. The maximum atomic E-state index is 10.8. The monoisotopic (exact) mass is 293 g/mol.